The fourth-order valence-electron chi connectivity index (χ4n) is 6.00. The van der Waals surface area contributed by atoms with E-state index in [2.05, 4.69) is 41.2 Å². The fraction of sp³-hybridized carbons (Fsp3) is 0.133. The van der Waals surface area contributed by atoms with Crippen LogP contribution in [0.3, 0.4) is 0 Å². The third kappa shape index (κ3) is 23.9. The van der Waals surface area contributed by atoms with Crippen molar-refractivity contribution in [1.29, 1.82) is 0 Å². The van der Waals surface area contributed by atoms with Crippen molar-refractivity contribution in [2.45, 2.75) is 0 Å². The van der Waals surface area contributed by atoms with Crippen LogP contribution in [0.4, 0.5) is 45.5 Å². The van der Waals surface area contributed by atoms with E-state index in [-0.39, 0.29) is 40.8 Å². The minimum atomic E-state index is 0. The van der Waals surface area contributed by atoms with Crippen LogP contribution in [-0.4, -0.2) is 82.2 Å². The van der Waals surface area contributed by atoms with Gasteiger partial charge in [-0.25, -0.2) is 0 Å². The smallest absolute Gasteiger partial charge is 0.497 e. The predicted molar refractivity (Wildman–Crippen MR) is 309 cm³/mol. The Kier molecular flexibility index (Phi) is 30.3. The molecular weight excluding hydrogens is 1170 g/mol. The Morgan fingerprint density at radius 2 is 0.346 bits per heavy atom. The van der Waals surface area contributed by atoms with Gasteiger partial charge < -0.3 is 79.1 Å². The Balaban J connectivity index is 0.000000271. The molecule has 0 aliphatic carbocycles. The van der Waals surface area contributed by atoms with Crippen LogP contribution in [0.15, 0.2) is 214 Å². The minimum absolute atomic E-state index is 0. The molecule has 8 rings (SSSR count). The molecule has 16 nitrogen and oxygen atoms in total. The number of benzene rings is 8. The van der Waals surface area contributed by atoms with Crippen LogP contribution in [0.25, 0.3) is 21.3 Å². The summed E-state index contributed by atoms with van der Waals surface area (Å²) in [5.41, 5.74) is 6.65. The average molecular weight is 1230 g/mol. The molecule has 0 heterocycles. The van der Waals surface area contributed by atoms with E-state index in [0.29, 0.717) is 0 Å². The van der Waals surface area contributed by atoms with Crippen LogP contribution in [0, 0.1) is 0 Å². The second-order valence-electron chi connectivity index (χ2n) is 15.1. The fourth-order valence-corrected chi connectivity index (χ4v) is 6.00. The summed E-state index contributed by atoms with van der Waals surface area (Å²) < 4.78 is 40.6. The molecule has 8 aromatic rings. The van der Waals surface area contributed by atoms with Crippen molar-refractivity contribution < 1.29 is 78.7 Å². The van der Waals surface area contributed by atoms with Gasteiger partial charge in [0.25, 0.3) is 0 Å². The first-order chi connectivity index (χ1) is 37.3. The van der Waals surface area contributed by atoms with E-state index in [1.54, 1.807) is 56.9 Å². The molecule has 0 atom stereocenters. The summed E-state index contributed by atoms with van der Waals surface area (Å²) >= 11 is 0. The Morgan fingerprint density at radius 1 is 0.218 bits per heavy atom. The summed E-state index contributed by atoms with van der Waals surface area (Å²) in [4.78, 5) is 17.0. The van der Waals surface area contributed by atoms with Gasteiger partial charge in [-0.2, -0.15) is 0 Å². The molecule has 0 aliphatic heterocycles. The van der Waals surface area contributed by atoms with Crippen LogP contribution in [0.1, 0.15) is 0 Å². The largest absolute Gasteiger partial charge is 2.00 e. The van der Waals surface area contributed by atoms with E-state index in [0.717, 1.165) is 91.5 Å². The molecule has 0 saturated heterocycles. The molecule has 0 N–H and O–H groups in total. The van der Waals surface area contributed by atoms with Crippen LogP contribution in [0.2, 0.25) is 0 Å². The molecule has 0 radical (unpaired) electrons. The van der Waals surface area contributed by atoms with Crippen molar-refractivity contribution in [2.24, 2.45) is 20.0 Å². The standard InChI is InChI=1S/4C15H15N2O2.2Pd/c4*1-18-14-7-3-12(4-8-14)16-11-17-13-5-9-15(19-2)10-6-13;;/h4*3-11H,1-2H3;;/q4*-1;2*+2. The molecule has 0 unspecified atom stereocenters. The summed E-state index contributed by atoms with van der Waals surface area (Å²) in [5.74, 6) is 6.49. The zero-order valence-corrected chi connectivity index (χ0v) is 47.4. The second kappa shape index (κ2) is 37.2. The monoisotopic (exact) mass is 1230 g/mol. The summed E-state index contributed by atoms with van der Waals surface area (Å²) in [6.07, 6.45) is 6.13. The third-order valence-corrected chi connectivity index (χ3v) is 10.2. The molecule has 18 heteroatoms. The van der Waals surface area contributed by atoms with Crippen molar-refractivity contribution in [3.05, 3.63) is 215 Å². The molecule has 0 bridgehead atoms. The molecule has 408 valence electrons. The number of aliphatic imine (C=N–C) groups is 4. The van der Waals surface area contributed by atoms with E-state index < -0.39 is 0 Å². The van der Waals surface area contributed by atoms with Crippen LogP contribution in [-0.2, 0) is 40.8 Å². The van der Waals surface area contributed by atoms with E-state index in [9.17, 15) is 0 Å². The van der Waals surface area contributed by atoms with Gasteiger partial charge in [0.15, 0.2) is 0 Å². The summed E-state index contributed by atoms with van der Waals surface area (Å²) in [6, 6.07) is 59.8. The molecular formula is C60H60N8O8Pd2. The van der Waals surface area contributed by atoms with E-state index in [4.69, 9.17) is 37.9 Å². The first-order valence-electron chi connectivity index (χ1n) is 23.3. The number of hydrogen-bond acceptors (Lipinski definition) is 12. The topological polar surface area (TPSA) is 180 Å². The number of ether oxygens (including phenoxy) is 8. The number of methoxy groups -OCH3 is 8. The molecule has 0 aliphatic rings. The Morgan fingerprint density at radius 3 is 0.474 bits per heavy atom. The average Bonchev–Trinajstić information content (AvgIpc) is 3.49. The van der Waals surface area contributed by atoms with Crippen LogP contribution in [0.5, 0.6) is 46.0 Å². The minimum Gasteiger partial charge on any atom is -0.497 e. The summed E-state index contributed by atoms with van der Waals surface area (Å²) in [7, 11) is 13.1. The molecule has 0 amide bonds. The Labute approximate surface area is 484 Å². The van der Waals surface area contributed by atoms with Crippen molar-refractivity contribution in [1.82, 2.24) is 0 Å². The normalized spacial score (nSPS) is 10.2. The third-order valence-electron chi connectivity index (χ3n) is 10.2. The predicted octanol–water partition coefficient (Wildman–Crippen LogP) is 16.3. The van der Waals surface area contributed by atoms with Crippen LogP contribution >= 0.6 is 0 Å². The van der Waals surface area contributed by atoms with Gasteiger partial charge in [-0.1, -0.05) is 122 Å². The van der Waals surface area contributed by atoms with Crippen molar-refractivity contribution in [2.75, 3.05) is 56.9 Å². The van der Waals surface area contributed by atoms with Crippen LogP contribution < -0.4 is 37.9 Å². The van der Waals surface area contributed by atoms with Crippen molar-refractivity contribution in [3.63, 3.8) is 0 Å². The number of rotatable bonds is 20. The quantitative estimate of drug-likeness (QED) is 0.0411. The second-order valence-corrected chi connectivity index (χ2v) is 15.1. The number of nitrogens with zero attached hydrogens (tertiary/aromatic N) is 8. The zero-order valence-electron chi connectivity index (χ0n) is 44.3. The van der Waals surface area contributed by atoms with Crippen molar-refractivity contribution >= 4 is 70.9 Å². The maximum Gasteiger partial charge on any atom is 2.00 e. The maximum atomic E-state index is 5.08. The summed E-state index contributed by atoms with van der Waals surface area (Å²) in [6.45, 7) is 0. The Bertz CT molecular complexity index is 2560. The molecule has 0 saturated carbocycles. The molecule has 0 aromatic heterocycles. The summed E-state index contributed by atoms with van der Waals surface area (Å²) in [5, 5.41) is 17.0. The van der Waals surface area contributed by atoms with Crippen molar-refractivity contribution in [3.8, 4) is 46.0 Å². The first kappa shape index (κ1) is 63.7. The molecule has 0 fully saturated rings. The molecule has 8 aromatic carbocycles. The van der Waals surface area contributed by atoms with Gasteiger partial charge in [0.2, 0.25) is 0 Å². The van der Waals surface area contributed by atoms with Gasteiger partial charge in [0.1, 0.15) is 46.0 Å². The Hall–Kier alpha value is -8.64. The van der Waals surface area contributed by atoms with Gasteiger partial charge >= 0.3 is 40.8 Å². The zero-order chi connectivity index (χ0) is 54.0. The van der Waals surface area contributed by atoms with Gasteiger partial charge in [-0.15, -0.1) is 0 Å². The van der Waals surface area contributed by atoms with Gasteiger partial charge in [0, 0.05) is 0 Å². The van der Waals surface area contributed by atoms with Gasteiger partial charge in [-0.05, 0) is 143 Å². The van der Waals surface area contributed by atoms with E-state index in [1.165, 1.54) is 25.4 Å². The molecule has 0 spiro atoms. The first-order valence-corrected chi connectivity index (χ1v) is 23.3. The number of hydrogen-bond donors (Lipinski definition) is 0. The maximum absolute atomic E-state index is 5.08. The molecule has 78 heavy (non-hydrogen) atoms. The van der Waals surface area contributed by atoms with Gasteiger partial charge in [0.05, 0.1) is 56.9 Å². The SMILES string of the molecule is COc1ccc(N=C[N-]c2ccc(OC)cc2)cc1.COc1ccc(N=C[N-]c2ccc(OC)cc2)cc1.COc1ccc(N=C[N-]c2ccc(OC)cc2)cc1.COc1ccc(N=C[N-]c2ccc(OC)cc2)cc1.[Pd+2].[Pd+2]. The van der Waals surface area contributed by atoms with E-state index in [1.807, 2.05) is 194 Å². The van der Waals surface area contributed by atoms with E-state index >= 15 is 0 Å². The van der Waals surface area contributed by atoms with Gasteiger partial charge in [-0.3, -0.25) is 0 Å².